The van der Waals surface area contributed by atoms with Gasteiger partial charge in [0.15, 0.2) is 0 Å². The Morgan fingerprint density at radius 1 is 0.938 bits per heavy atom. The molecule has 2 aromatic carbocycles. The maximum Gasteiger partial charge on any atom is 0.123 e. The summed E-state index contributed by atoms with van der Waals surface area (Å²) in [7, 11) is 0. The first-order chi connectivity index (χ1) is 7.58. The van der Waals surface area contributed by atoms with Crippen LogP contribution in [0.25, 0.3) is 11.1 Å². The number of hydrogen-bond donors (Lipinski definition) is 1. The van der Waals surface area contributed by atoms with E-state index in [1.807, 2.05) is 32.0 Å². The van der Waals surface area contributed by atoms with Gasteiger partial charge in [-0.1, -0.05) is 18.2 Å². The third-order valence-corrected chi connectivity index (χ3v) is 2.83. The summed E-state index contributed by atoms with van der Waals surface area (Å²) in [4.78, 5) is 0. The molecule has 0 unspecified atom stereocenters. The molecule has 0 radical (unpaired) electrons. The van der Waals surface area contributed by atoms with Crippen molar-refractivity contribution in [2.45, 2.75) is 13.8 Å². The van der Waals surface area contributed by atoms with Gasteiger partial charge in [0.2, 0.25) is 0 Å². The lowest BCUT2D eigenvalue weighted by Crippen LogP contribution is -1.92. The average Bonchev–Trinajstić information content (AvgIpc) is 2.26. The van der Waals surface area contributed by atoms with E-state index in [2.05, 4.69) is 0 Å². The van der Waals surface area contributed by atoms with Crippen molar-refractivity contribution in [3.63, 3.8) is 0 Å². The first kappa shape index (κ1) is 10.7. The molecule has 0 aliphatic carbocycles. The van der Waals surface area contributed by atoms with Crippen molar-refractivity contribution in [1.29, 1.82) is 0 Å². The van der Waals surface area contributed by atoms with E-state index in [1.54, 1.807) is 6.07 Å². The lowest BCUT2D eigenvalue weighted by Gasteiger charge is -2.08. The Hall–Kier alpha value is -1.83. The number of aryl methyl sites for hydroxylation is 2. The number of halogens is 1. The number of nitrogens with two attached hydrogens (primary N) is 1. The minimum atomic E-state index is -0.262. The lowest BCUT2D eigenvalue weighted by molar-refractivity contribution is 0.628. The molecular formula is C14H14FN. The summed E-state index contributed by atoms with van der Waals surface area (Å²) in [6, 6.07) is 10.5. The van der Waals surface area contributed by atoms with Gasteiger partial charge in [0.1, 0.15) is 5.82 Å². The van der Waals surface area contributed by atoms with Crippen LogP contribution in [0.1, 0.15) is 11.1 Å². The summed E-state index contributed by atoms with van der Waals surface area (Å²) < 4.78 is 13.2. The fourth-order valence-electron chi connectivity index (χ4n) is 1.69. The molecule has 2 rings (SSSR count). The summed E-state index contributed by atoms with van der Waals surface area (Å²) in [6.07, 6.45) is 0. The molecule has 2 aromatic rings. The summed E-state index contributed by atoms with van der Waals surface area (Å²) in [5.41, 5.74) is 10.6. The number of benzene rings is 2. The average molecular weight is 215 g/mol. The normalized spacial score (nSPS) is 10.4. The highest BCUT2D eigenvalue weighted by Gasteiger charge is 2.05. The SMILES string of the molecule is Cc1ccc(-c2cc(F)ccc2N)cc1C. The molecule has 0 spiro atoms. The van der Waals surface area contributed by atoms with Gasteiger partial charge in [0, 0.05) is 11.3 Å². The monoisotopic (exact) mass is 215 g/mol. The molecule has 0 heterocycles. The molecule has 0 fully saturated rings. The van der Waals surface area contributed by atoms with E-state index in [9.17, 15) is 4.39 Å². The van der Waals surface area contributed by atoms with Crippen LogP contribution < -0.4 is 5.73 Å². The number of hydrogen-bond acceptors (Lipinski definition) is 1. The number of rotatable bonds is 1. The van der Waals surface area contributed by atoms with E-state index in [-0.39, 0.29) is 5.82 Å². The Bertz CT molecular complexity index is 532. The van der Waals surface area contributed by atoms with Gasteiger partial charge in [-0.25, -0.2) is 4.39 Å². The van der Waals surface area contributed by atoms with E-state index >= 15 is 0 Å². The molecule has 82 valence electrons. The highest BCUT2D eigenvalue weighted by molar-refractivity contribution is 5.76. The van der Waals surface area contributed by atoms with Crippen LogP contribution >= 0.6 is 0 Å². The van der Waals surface area contributed by atoms with Crippen molar-refractivity contribution in [3.8, 4) is 11.1 Å². The van der Waals surface area contributed by atoms with Crippen molar-refractivity contribution in [1.82, 2.24) is 0 Å². The van der Waals surface area contributed by atoms with Crippen LogP contribution in [0.2, 0.25) is 0 Å². The molecule has 0 aromatic heterocycles. The Kier molecular flexibility index (Phi) is 2.65. The van der Waals surface area contributed by atoms with Gasteiger partial charge in [-0.05, 0) is 48.7 Å². The molecular weight excluding hydrogens is 201 g/mol. The van der Waals surface area contributed by atoms with Crippen LogP contribution in [0.3, 0.4) is 0 Å². The van der Waals surface area contributed by atoms with Gasteiger partial charge in [-0.3, -0.25) is 0 Å². The van der Waals surface area contributed by atoms with Gasteiger partial charge >= 0.3 is 0 Å². The molecule has 0 amide bonds. The van der Waals surface area contributed by atoms with Gasteiger partial charge in [-0.15, -0.1) is 0 Å². The second-order valence-electron chi connectivity index (χ2n) is 4.03. The first-order valence-corrected chi connectivity index (χ1v) is 5.20. The lowest BCUT2D eigenvalue weighted by atomic mass is 9.99. The van der Waals surface area contributed by atoms with Crippen molar-refractivity contribution in [2.24, 2.45) is 0 Å². The second-order valence-corrected chi connectivity index (χ2v) is 4.03. The summed E-state index contributed by atoms with van der Waals surface area (Å²) >= 11 is 0. The van der Waals surface area contributed by atoms with Crippen LogP contribution in [0.5, 0.6) is 0 Å². The third kappa shape index (κ3) is 1.91. The van der Waals surface area contributed by atoms with E-state index in [0.717, 1.165) is 11.1 Å². The predicted molar refractivity (Wildman–Crippen MR) is 65.7 cm³/mol. The maximum absolute atomic E-state index is 13.2. The highest BCUT2D eigenvalue weighted by Crippen LogP contribution is 2.28. The number of nitrogen functional groups attached to an aromatic ring is 1. The van der Waals surface area contributed by atoms with Gasteiger partial charge in [0.05, 0.1) is 0 Å². The molecule has 2 heteroatoms. The van der Waals surface area contributed by atoms with Gasteiger partial charge < -0.3 is 5.73 Å². The van der Waals surface area contributed by atoms with Crippen LogP contribution in [-0.2, 0) is 0 Å². The first-order valence-electron chi connectivity index (χ1n) is 5.20. The smallest absolute Gasteiger partial charge is 0.123 e. The zero-order valence-corrected chi connectivity index (χ0v) is 9.42. The highest BCUT2D eigenvalue weighted by atomic mass is 19.1. The molecule has 0 saturated carbocycles. The standard InChI is InChI=1S/C14H14FN/c1-9-3-4-11(7-10(9)2)13-8-12(15)5-6-14(13)16/h3-8H,16H2,1-2H3. The van der Waals surface area contributed by atoms with Gasteiger partial charge in [0.25, 0.3) is 0 Å². The Morgan fingerprint density at radius 3 is 2.38 bits per heavy atom. The Balaban J connectivity index is 2.58. The molecule has 0 bridgehead atoms. The molecule has 2 N–H and O–H groups in total. The van der Waals surface area contributed by atoms with Crippen LogP contribution in [0, 0.1) is 19.7 Å². The van der Waals surface area contributed by atoms with Crippen LogP contribution in [-0.4, -0.2) is 0 Å². The minimum Gasteiger partial charge on any atom is -0.398 e. The molecule has 1 nitrogen and oxygen atoms in total. The predicted octanol–water partition coefficient (Wildman–Crippen LogP) is 3.69. The summed E-state index contributed by atoms with van der Waals surface area (Å²) in [5.74, 6) is -0.262. The van der Waals surface area contributed by atoms with E-state index in [0.29, 0.717) is 5.69 Å². The van der Waals surface area contributed by atoms with Crippen LogP contribution in [0.4, 0.5) is 10.1 Å². The van der Waals surface area contributed by atoms with Crippen LogP contribution in [0.15, 0.2) is 36.4 Å². The number of anilines is 1. The van der Waals surface area contributed by atoms with Crippen molar-refractivity contribution in [3.05, 3.63) is 53.3 Å². The third-order valence-electron chi connectivity index (χ3n) is 2.83. The fourth-order valence-corrected chi connectivity index (χ4v) is 1.69. The van der Waals surface area contributed by atoms with Gasteiger partial charge in [-0.2, -0.15) is 0 Å². The molecule has 0 atom stereocenters. The molecule has 0 aliphatic heterocycles. The van der Waals surface area contributed by atoms with E-state index < -0.39 is 0 Å². The zero-order valence-electron chi connectivity index (χ0n) is 9.42. The Morgan fingerprint density at radius 2 is 1.69 bits per heavy atom. The topological polar surface area (TPSA) is 26.0 Å². The van der Waals surface area contributed by atoms with E-state index in [4.69, 9.17) is 5.73 Å². The van der Waals surface area contributed by atoms with Crippen molar-refractivity contribution < 1.29 is 4.39 Å². The van der Waals surface area contributed by atoms with Crippen molar-refractivity contribution >= 4 is 5.69 Å². The summed E-state index contributed by atoms with van der Waals surface area (Å²) in [6.45, 7) is 4.09. The molecule has 16 heavy (non-hydrogen) atoms. The minimum absolute atomic E-state index is 0.262. The van der Waals surface area contributed by atoms with Crippen molar-refractivity contribution in [2.75, 3.05) is 5.73 Å². The summed E-state index contributed by atoms with van der Waals surface area (Å²) in [5, 5.41) is 0. The largest absolute Gasteiger partial charge is 0.398 e. The maximum atomic E-state index is 13.2. The second kappa shape index (κ2) is 3.97. The van der Waals surface area contributed by atoms with E-state index in [1.165, 1.54) is 23.3 Å². The quantitative estimate of drug-likeness (QED) is 0.721. The molecule has 0 aliphatic rings. The Labute approximate surface area is 94.7 Å². The molecule has 0 saturated heterocycles. The fraction of sp³-hybridized carbons (Fsp3) is 0.143. The zero-order chi connectivity index (χ0) is 11.7.